The highest BCUT2D eigenvalue weighted by atomic mass is 32.1. The fourth-order valence-electron chi connectivity index (χ4n) is 3.59. The molecule has 3 aromatic rings. The molecule has 1 amide bonds. The number of aromatic nitrogens is 3. The smallest absolute Gasteiger partial charge is 0.254 e. The summed E-state index contributed by atoms with van der Waals surface area (Å²) < 4.78 is 2.16. The van der Waals surface area contributed by atoms with Crippen molar-refractivity contribution in [3.63, 3.8) is 0 Å². The Labute approximate surface area is 157 Å². The van der Waals surface area contributed by atoms with Crippen LogP contribution in [0.3, 0.4) is 0 Å². The minimum absolute atomic E-state index is 0.141. The predicted molar refractivity (Wildman–Crippen MR) is 103 cm³/mol. The molecule has 0 saturated carbocycles. The van der Waals surface area contributed by atoms with Gasteiger partial charge in [-0.05, 0) is 38.0 Å². The molecule has 1 fully saturated rings. The monoisotopic (exact) mass is 366 g/mol. The van der Waals surface area contributed by atoms with E-state index in [0.717, 1.165) is 43.0 Å². The summed E-state index contributed by atoms with van der Waals surface area (Å²) >= 11 is 1.63. The standard InChI is InChI=1S/C20H22N4OS/c1-15-11-17(14-26-15)20(25)24-9-4-5-16(12-24)19-22-8-10-23(19)13-18-6-2-3-7-21-18/h2-3,6-8,10-11,14,16H,4-5,9,12-13H2,1H3/t16-/m0/s1. The minimum atomic E-state index is 0.141. The molecular weight excluding hydrogens is 344 g/mol. The summed E-state index contributed by atoms with van der Waals surface area (Å²) in [5.74, 6) is 1.46. The number of hydrogen-bond acceptors (Lipinski definition) is 4. The second-order valence-electron chi connectivity index (χ2n) is 6.77. The van der Waals surface area contributed by atoms with E-state index in [2.05, 4.69) is 14.5 Å². The zero-order valence-electron chi connectivity index (χ0n) is 14.8. The minimum Gasteiger partial charge on any atom is -0.338 e. The predicted octanol–water partition coefficient (Wildman–Crippen LogP) is 3.72. The molecule has 4 rings (SSSR count). The Morgan fingerprint density at radius 2 is 2.23 bits per heavy atom. The van der Waals surface area contributed by atoms with E-state index in [1.807, 2.05) is 60.1 Å². The first-order chi connectivity index (χ1) is 12.7. The van der Waals surface area contributed by atoms with Gasteiger partial charge < -0.3 is 9.47 Å². The van der Waals surface area contributed by atoms with Crippen LogP contribution in [-0.4, -0.2) is 38.4 Å². The van der Waals surface area contributed by atoms with Crippen LogP contribution in [0, 0.1) is 6.92 Å². The van der Waals surface area contributed by atoms with Crippen LogP contribution in [-0.2, 0) is 6.54 Å². The zero-order valence-corrected chi connectivity index (χ0v) is 15.7. The summed E-state index contributed by atoms with van der Waals surface area (Å²) in [6, 6.07) is 7.94. The summed E-state index contributed by atoms with van der Waals surface area (Å²) in [7, 11) is 0. The molecule has 0 aliphatic carbocycles. The summed E-state index contributed by atoms with van der Waals surface area (Å²) in [6.45, 7) is 4.30. The average molecular weight is 366 g/mol. The Kier molecular flexibility index (Phi) is 4.84. The Morgan fingerprint density at radius 1 is 1.31 bits per heavy atom. The molecule has 0 radical (unpaired) electrons. The molecule has 1 aliphatic heterocycles. The maximum Gasteiger partial charge on any atom is 0.254 e. The van der Waals surface area contributed by atoms with E-state index in [-0.39, 0.29) is 11.8 Å². The van der Waals surface area contributed by atoms with Gasteiger partial charge in [-0.2, -0.15) is 0 Å². The molecule has 1 saturated heterocycles. The van der Waals surface area contributed by atoms with Gasteiger partial charge in [-0.15, -0.1) is 11.3 Å². The SMILES string of the molecule is Cc1cc(C(=O)N2CCC[C@H](c3nccn3Cc3ccccn3)C2)cs1. The molecular formula is C20H22N4OS. The highest BCUT2D eigenvalue weighted by molar-refractivity contribution is 7.10. The third-order valence-electron chi connectivity index (χ3n) is 4.86. The van der Waals surface area contributed by atoms with E-state index in [0.29, 0.717) is 6.54 Å². The van der Waals surface area contributed by atoms with Crippen molar-refractivity contribution in [1.29, 1.82) is 0 Å². The first-order valence-corrected chi connectivity index (χ1v) is 9.84. The van der Waals surface area contributed by atoms with E-state index < -0.39 is 0 Å². The molecule has 3 aromatic heterocycles. The third kappa shape index (κ3) is 3.55. The number of likely N-dealkylation sites (tertiary alicyclic amines) is 1. The fraction of sp³-hybridized carbons (Fsp3) is 0.350. The molecule has 1 aliphatic rings. The first-order valence-electron chi connectivity index (χ1n) is 8.96. The van der Waals surface area contributed by atoms with Gasteiger partial charge in [0.2, 0.25) is 0 Å². The molecule has 26 heavy (non-hydrogen) atoms. The van der Waals surface area contributed by atoms with Crippen molar-refractivity contribution in [3.05, 3.63) is 70.2 Å². The average Bonchev–Trinajstić information content (AvgIpc) is 3.31. The molecule has 6 heteroatoms. The lowest BCUT2D eigenvalue weighted by Gasteiger charge is -2.32. The number of aryl methyl sites for hydroxylation is 1. The molecule has 0 N–H and O–H groups in total. The van der Waals surface area contributed by atoms with Gasteiger partial charge in [-0.25, -0.2) is 4.98 Å². The Hall–Kier alpha value is -2.47. The van der Waals surface area contributed by atoms with Crippen molar-refractivity contribution >= 4 is 17.2 Å². The number of nitrogens with zero attached hydrogens (tertiary/aromatic N) is 4. The number of imidazole rings is 1. The van der Waals surface area contributed by atoms with Crippen LogP contribution in [0.5, 0.6) is 0 Å². The molecule has 0 spiro atoms. The molecule has 134 valence electrons. The van der Waals surface area contributed by atoms with Gasteiger partial charge in [0, 0.05) is 47.9 Å². The zero-order chi connectivity index (χ0) is 17.9. The lowest BCUT2D eigenvalue weighted by molar-refractivity contribution is 0.0704. The van der Waals surface area contributed by atoms with E-state index in [9.17, 15) is 4.79 Å². The highest BCUT2D eigenvalue weighted by Gasteiger charge is 2.28. The summed E-state index contributed by atoms with van der Waals surface area (Å²) in [5.41, 5.74) is 1.83. The summed E-state index contributed by atoms with van der Waals surface area (Å²) in [4.78, 5) is 25.0. The van der Waals surface area contributed by atoms with Gasteiger partial charge in [-0.1, -0.05) is 6.07 Å². The van der Waals surface area contributed by atoms with Crippen LogP contribution < -0.4 is 0 Å². The molecule has 0 bridgehead atoms. The number of amides is 1. The van der Waals surface area contributed by atoms with Gasteiger partial charge in [0.1, 0.15) is 5.82 Å². The largest absolute Gasteiger partial charge is 0.338 e. The second-order valence-corrected chi connectivity index (χ2v) is 7.89. The summed E-state index contributed by atoms with van der Waals surface area (Å²) in [5, 5.41) is 1.96. The Bertz CT molecular complexity index is 886. The normalized spacial score (nSPS) is 17.4. The number of rotatable bonds is 4. The van der Waals surface area contributed by atoms with Crippen molar-refractivity contribution in [2.75, 3.05) is 13.1 Å². The van der Waals surface area contributed by atoms with E-state index >= 15 is 0 Å². The van der Waals surface area contributed by atoms with Crippen LogP contribution in [0.1, 0.15) is 45.5 Å². The van der Waals surface area contributed by atoms with Crippen molar-refractivity contribution < 1.29 is 4.79 Å². The van der Waals surface area contributed by atoms with Crippen molar-refractivity contribution in [1.82, 2.24) is 19.4 Å². The van der Waals surface area contributed by atoms with Gasteiger partial charge in [0.25, 0.3) is 5.91 Å². The first kappa shape index (κ1) is 17.0. The maximum absolute atomic E-state index is 12.8. The van der Waals surface area contributed by atoms with E-state index in [1.54, 1.807) is 11.3 Å². The van der Waals surface area contributed by atoms with Gasteiger partial charge in [-0.3, -0.25) is 9.78 Å². The quantitative estimate of drug-likeness (QED) is 0.707. The topological polar surface area (TPSA) is 51.0 Å². The molecule has 4 heterocycles. The number of thiophene rings is 1. The Morgan fingerprint density at radius 3 is 3.00 bits per heavy atom. The van der Waals surface area contributed by atoms with Gasteiger partial charge in [0.05, 0.1) is 17.8 Å². The number of carbonyl (C=O) groups excluding carboxylic acids is 1. The van der Waals surface area contributed by atoms with Crippen LogP contribution >= 0.6 is 11.3 Å². The number of carbonyl (C=O) groups is 1. The van der Waals surface area contributed by atoms with E-state index in [4.69, 9.17) is 0 Å². The molecule has 0 unspecified atom stereocenters. The molecule has 5 nitrogen and oxygen atoms in total. The number of pyridine rings is 1. The maximum atomic E-state index is 12.8. The fourth-order valence-corrected chi connectivity index (χ4v) is 4.27. The lowest BCUT2D eigenvalue weighted by Crippen LogP contribution is -2.39. The number of piperidine rings is 1. The van der Waals surface area contributed by atoms with Crippen molar-refractivity contribution in [2.45, 2.75) is 32.2 Å². The Balaban J connectivity index is 1.50. The number of hydrogen-bond donors (Lipinski definition) is 0. The van der Waals surface area contributed by atoms with Crippen LogP contribution in [0.25, 0.3) is 0 Å². The lowest BCUT2D eigenvalue weighted by atomic mass is 9.96. The van der Waals surface area contributed by atoms with Crippen molar-refractivity contribution in [2.24, 2.45) is 0 Å². The van der Waals surface area contributed by atoms with Crippen LogP contribution in [0.4, 0.5) is 0 Å². The van der Waals surface area contributed by atoms with Crippen LogP contribution in [0.15, 0.2) is 48.2 Å². The van der Waals surface area contributed by atoms with Crippen molar-refractivity contribution in [3.8, 4) is 0 Å². The third-order valence-corrected chi connectivity index (χ3v) is 5.72. The molecule has 1 atom stereocenters. The van der Waals surface area contributed by atoms with Crippen LogP contribution in [0.2, 0.25) is 0 Å². The van der Waals surface area contributed by atoms with Gasteiger partial charge in [0.15, 0.2) is 0 Å². The second kappa shape index (κ2) is 7.41. The molecule has 0 aromatic carbocycles. The van der Waals surface area contributed by atoms with E-state index in [1.165, 1.54) is 4.88 Å². The highest BCUT2D eigenvalue weighted by Crippen LogP contribution is 2.28. The summed E-state index contributed by atoms with van der Waals surface area (Å²) in [6.07, 6.45) is 7.74. The van der Waals surface area contributed by atoms with Gasteiger partial charge >= 0.3 is 0 Å².